The Hall–Kier alpha value is -3.32. The maximum atomic E-state index is 6.25. The van der Waals surface area contributed by atoms with Crippen molar-refractivity contribution in [3.8, 4) is 0 Å². The van der Waals surface area contributed by atoms with Gasteiger partial charge in [0.25, 0.3) is 0 Å². The highest BCUT2D eigenvalue weighted by Crippen LogP contribution is 2.29. The Morgan fingerprint density at radius 2 is 1.50 bits per heavy atom. The lowest BCUT2D eigenvalue weighted by Gasteiger charge is -2.26. The molecular formula is C19H22N6O. The van der Waals surface area contributed by atoms with Gasteiger partial charge in [0.05, 0.1) is 18.0 Å². The summed E-state index contributed by atoms with van der Waals surface area (Å²) in [4.78, 5) is 8.50. The fourth-order valence-electron chi connectivity index (χ4n) is 2.44. The Labute approximate surface area is 152 Å². The second-order valence-electron chi connectivity index (χ2n) is 5.52. The number of hydrogen-bond acceptors (Lipinski definition) is 7. The van der Waals surface area contributed by atoms with Gasteiger partial charge in [-0.05, 0) is 24.3 Å². The van der Waals surface area contributed by atoms with Crippen LogP contribution in [-0.4, -0.2) is 30.2 Å². The lowest BCUT2D eigenvalue weighted by atomic mass is 10.2. The number of hydrogen-bond donors (Lipinski definition) is 3. The van der Waals surface area contributed by atoms with Gasteiger partial charge in [-0.3, -0.25) is 10.4 Å². The molecule has 3 aromatic rings. The molecule has 0 aliphatic carbocycles. The van der Waals surface area contributed by atoms with E-state index in [1.165, 1.54) is 6.33 Å². The van der Waals surface area contributed by atoms with E-state index in [-0.39, 0.29) is 0 Å². The number of nitrogens with one attached hydrogen (secondary N) is 2. The van der Waals surface area contributed by atoms with Crippen molar-refractivity contribution in [1.29, 1.82) is 0 Å². The summed E-state index contributed by atoms with van der Waals surface area (Å²) in [5.74, 6) is 1.09. The summed E-state index contributed by atoms with van der Waals surface area (Å²) in [5, 5.41) is 5.08. The minimum absolute atomic E-state index is 0.445. The zero-order valence-electron chi connectivity index (χ0n) is 14.6. The topological polar surface area (TPSA) is 88.3 Å². The van der Waals surface area contributed by atoms with E-state index in [4.69, 9.17) is 10.5 Å². The van der Waals surface area contributed by atoms with Crippen LogP contribution in [0.5, 0.6) is 0 Å². The molecule has 0 radical (unpaired) electrons. The number of methoxy groups -OCH3 is 1. The summed E-state index contributed by atoms with van der Waals surface area (Å²) >= 11 is 0. The third-order valence-corrected chi connectivity index (χ3v) is 3.73. The van der Waals surface area contributed by atoms with Crippen LogP contribution in [-0.2, 0) is 4.74 Å². The predicted octanol–water partition coefficient (Wildman–Crippen LogP) is 3.28. The van der Waals surface area contributed by atoms with Gasteiger partial charge >= 0.3 is 0 Å². The largest absolute Gasteiger partial charge is 0.393 e. The van der Waals surface area contributed by atoms with Crippen molar-refractivity contribution in [2.24, 2.45) is 0 Å². The van der Waals surface area contributed by atoms with Gasteiger partial charge in [-0.2, -0.15) is 0 Å². The highest BCUT2D eigenvalue weighted by molar-refractivity contribution is 5.77. The number of rotatable bonds is 8. The molecule has 0 aliphatic rings. The first kappa shape index (κ1) is 17.5. The number of benzene rings is 2. The normalized spacial score (nSPS) is 10.3. The van der Waals surface area contributed by atoms with E-state index in [1.807, 2.05) is 65.7 Å². The SMILES string of the molecule is COCCNc1ncnc(NN(c2ccccc2)c2ccccc2)c1N. The number of aromatic nitrogens is 2. The van der Waals surface area contributed by atoms with Crippen molar-refractivity contribution >= 4 is 28.7 Å². The van der Waals surface area contributed by atoms with Crippen LogP contribution >= 0.6 is 0 Å². The average molecular weight is 350 g/mol. The Balaban J connectivity index is 1.89. The molecule has 0 saturated carbocycles. The molecule has 0 fully saturated rings. The first-order valence-corrected chi connectivity index (χ1v) is 8.29. The molecule has 2 aromatic carbocycles. The highest BCUT2D eigenvalue weighted by atomic mass is 16.5. The van der Waals surface area contributed by atoms with Crippen molar-refractivity contribution in [1.82, 2.24) is 9.97 Å². The molecule has 0 bridgehead atoms. The van der Waals surface area contributed by atoms with Crippen molar-refractivity contribution < 1.29 is 4.74 Å². The van der Waals surface area contributed by atoms with Gasteiger partial charge in [0.2, 0.25) is 0 Å². The number of nitrogen functional groups attached to an aromatic ring is 1. The van der Waals surface area contributed by atoms with Crippen LogP contribution in [0.3, 0.4) is 0 Å². The second kappa shape index (κ2) is 8.68. The number of nitrogens with zero attached hydrogens (tertiary/aromatic N) is 3. The summed E-state index contributed by atoms with van der Waals surface area (Å²) in [5.41, 5.74) is 11.9. The summed E-state index contributed by atoms with van der Waals surface area (Å²) < 4.78 is 5.04. The summed E-state index contributed by atoms with van der Waals surface area (Å²) in [6.45, 7) is 1.17. The van der Waals surface area contributed by atoms with Crippen LogP contribution in [0.15, 0.2) is 67.0 Å². The van der Waals surface area contributed by atoms with E-state index in [1.54, 1.807) is 7.11 Å². The van der Waals surface area contributed by atoms with Crippen LogP contribution in [0.1, 0.15) is 0 Å². The fourth-order valence-corrected chi connectivity index (χ4v) is 2.44. The summed E-state index contributed by atoms with van der Waals surface area (Å²) in [6, 6.07) is 19.9. The van der Waals surface area contributed by atoms with Gasteiger partial charge in [-0.15, -0.1) is 0 Å². The van der Waals surface area contributed by atoms with Gasteiger partial charge in [0.15, 0.2) is 11.6 Å². The maximum absolute atomic E-state index is 6.25. The van der Waals surface area contributed by atoms with E-state index < -0.39 is 0 Å². The van der Waals surface area contributed by atoms with E-state index in [0.717, 1.165) is 11.4 Å². The minimum Gasteiger partial charge on any atom is -0.393 e. The number of nitrogens with two attached hydrogens (primary N) is 1. The highest BCUT2D eigenvalue weighted by Gasteiger charge is 2.14. The molecular weight excluding hydrogens is 328 g/mol. The third kappa shape index (κ3) is 4.20. The molecule has 0 amide bonds. The van der Waals surface area contributed by atoms with Gasteiger partial charge in [0, 0.05) is 13.7 Å². The molecule has 7 nitrogen and oxygen atoms in total. The molecule has 4 N–H and O–H groups in total. The first-order chi connectivity index (χ1) is 12.8. The van der Waals surface area contributed by atoms with Crippen molar-refractivity contribution in [2.45, 2.75) is 0 Å². The molecule has 3 rings (SSSR count). The molecule has 0 aliphatic heterocycles. The zero-order chi connectivity index (χ0) is 18.2. The molecule has 0 unspecified atom stereocenters. The monoisotopic (exact) mass is 350 g/mol. The van der Waals surface area contributed by atoms with Crippen molar-refractivity contribution in [3.63, 3.8) is 0 Å². The third-order valence-electron chi connectivity index (χ3n) is 3.73. The molecule has 26 heavy (non-hydrogen) atoms. The Morgan fingerprint density at radius 3 is 2.08 bits per heavy atom. The van der Waals surface area contributed by atoms with Crippen LogP contribution in [0, 0.1) is 0 Å². The summed E-state index contributed by atoms with van der Waals surface area (Å²) in [7, 11) is 1.65. The second-order valence-corrected chi connectivity index (χ2v) is 5.52. The minimum atomic E-state index is 0.445. The number of ether oxygens (including phenoxy) is 1. The van der Waals surface area contributed by atoms with Crippen LogP contribution in [0.4, 0.5) is 28.7 Å². The van der Waals surface area contributed by atoms with Crippen molar-refractivity contribution in [3.05, 3.63) is 67.0 Å². The van der Waals surface area contributed by atoms with E-state index in [2.05, 4.69) is 20.7 Å². The predicted molar refractivity (Wildman–Crippen MR) is 105 cm³/mol. The standard InChI is InChI=1S/C19H22N6O/c1-26-13-12-21-18-17(20)19(23-14-22-18)24-25(15-8-4-2-5-9-15)16-10-6-3-7-11-16/h2-11,14H,12-13,20H2,1H3,(H2,21,22,23,24). The van der Waals surface area contributed by atoms with Gasteiger partial charge in [-0.1, -0.05) is 36.4 Å². The zero-order valence-corrected chi connectivity index (χ0v) is 14.6. The van der Waals surface area contributed by atoms with Crippen LogP contribution < -0.4 is 21.5 Å². The molecule has 0 atom stereocenters. The average Bonchev–Trinajstić information content (AvgIpc) is 2.70. The van der Waals surface area contributed by atoms with Crippen LogP contribution in [0.25, 0.3) is 0 Å². The summed E-state index contributed by atoms with van der Waals surface area (Å²) in [6.07, 6.45) is 1.47. The number of para-hydroxylation sites is 2. The van der Waals surface area contributed by atoms with E-state index in [9.17, 15) is 0 Å². The Morgan fingerprint density at radius 1 is 0.923 bits per heavy atom. The molecule has 0 saturated heterocycles. The lowest BCUT2D eigenvalue weighted by Crippen LogP contribution is -2.26. The lowest BCUT2D eigenvalue weighted by molar-refractivity contribution is 0.210. The molecule has 1 heterocycles. The molecule has 134 valence electrons. The molecule has 1 aromatic heterocycles. The smallest absolute Gasteiger partial charge is 0.173 e. The van der Waals surface area contributed by atoms with Gasteiger partial charge in [-0.25, -0.2) is 9.97 Å². The first-order valence-electron chi connectivity index (χ1n) is 8.29. The van der Waals surface area contributed by atoms with E-state index >= 15 is 0 Å². The van der Waals surface area contributed by atoms with Crippen molar-refractivity contribution in [2.75, 3.05) is 41.7 Å². The Bertz CT molecular complexity index is 773. The molecule has 7 heteroatoms. The van der Waals surface area contributed by atoms with Crippen LogP contribution in [0.2, 0.25) is 0 Å². The molecule has 0 spiro atoms. The fraction of sp³-hybridized carbons (Fsp3) is 0.158. The maximum Gasteiger partial charge on any atom is 0.173 e. The van der Waals surface area contributed by atoms with Gasteiger partial charge < -0.3 is 15.8 Å². The quantitative estimate of drug-likeness (QED) is 0.424. The number of hydrazine groups is 1. The van der Waals surface area contributed by atoms with E-state index in [0.29, 0.717) is 30.5 Å². The number of anilines is 5. The van der Waals surface area contributed by atoms with Gasteiger partial charge in [0.1, 0.15) is 12.0 Å². The Kier molecular flexibility index (Phi) is 5.84.